The molecule has 0 aliphatic heterocycles. The Morgan fingerprint density at radius 3 is 1.56 bits per heavy atom. The molecule has 0 saturated carbocycles. The van der Waals surface area contributed by atoms with Crippen LogP contribution in [0.25, 0.3) is 98.5 Å². The first-order valence-corrected chi connectivity index (χ1v) is 18.3. The topological polar surface area (TPSA) is 42.9 Å². The minimum atomic E-state index is 0.562. The summed E-state index contributed by atoms with van der Waals surface area (Å²) in [6.07, 6.45) is 0. The monoisotopic (exact) mass is 699 g/mol. The molecule has 11 aromatic rings. The van der Waals surface area contributed by atoms with E-state index in [0.29, 0.717) is 11.3 Å². The summed E-state index contributed by atoms with van der Waals surface area (Å²) in [5.41, 5.74) is 12.2. The van der Waals surface area contributed by atoms with Crippen LogP contribution >= 0.6 is 0 Å². The van der Waals surface area contributed by atoms with Crippen molar-refractivity contribution in [2.75, 3.05) is 0 Å². The van der Waals surface area contributed by atoms with E-state index < -0.39 is 0 Å². The smallest absolute Gasteiger partial charge is 0.211 e. The number of aromatic nitrogens is 3. The van der Waals surface area contributed by atoms with Gasteiger partial charge in [0.1, 0.15) is 0 Å². The van der Waals surface area contributed by atoms with E-state index in [2.05, 4.69) is 152 Å². The van der Waals surface area contributed by atoms with E-state index >= 15 is 0 Å². The van der Waals surface area contributed by atoms with E-state index in [-0.39, 0.29) is 0 Å². The number of hydrogen-bond acceptors (Lipinski definition) is 1. The van der Waals surface area contributed by atoms with Crippen molar-refractivity contribution in [2.24, 2.45) is 0 Å². The molecule has 0 bridgehead atoms. The summed E-state index contributed by atoms with van der Waals surface area (Å²) in [5, 5.41) is 17.4. The fourth-order valence-corrected chi connectivity index (χ4v) is 8.85. The van der Waals surface area contributed by atoms with Gasteiger partial charge in [-0.2, -0.15) is 5.26 Å². The van der Waals surface area contributed by atoms with Crippen LogP contribution in [0, 0.1) is 17.9 Å². The zero-order valence-corrected chi connectivity index (χ0v) is 29.5. The maximum Gasteiger partial charge on any atom is 0.211 e. The van der Waals surface area contributed by atoms with Gasteiger partial charge in [0.05, 0.1) is 62.7 Å². The number of fused-ring (bicyclic) bond motifs is 9. The van der Waals surface area contributed by atoms with Gasteiger partial charge in [0.15, 0.2) is 0 Å². The summed E-state index contributed by atoms with van der Waals surface area (Å²) < 4.78 is 6.92. The second kappa shape index (κ2) is 11.8. The lowest BCUT2D eigenvalue weighted by Gasteiger charge is -2.18. The minimum Gasteiger partial charge on any atom is -0.318 e. The first-order valence-electron chi connectivity index (χ1n) is 18.3. The van der Waals surface area contributed by atoms with Gasteiger partial charge in [-0.05, 0) is 65.5 Å². The van der Waals surface area contributed by atoms with E-state index in [1.165, 1.54) is 10.8 Å². The van der Waals surface area contributed by atoms with Crippen LogP contribution in [0.5, 0.6) is 0 Å². The molecule has 3 heterocycles. The quantitative estimate of drug-likeness (QED) is 0.169. The van der Waals surface area contributed by atoms with Crippen molar-refractivity contribution in [3.05, 3.63) is 193 Å². The average molecular weight is 700 g/mol. The summed E-state index contributed by atoms with van der Waals surface area (Å²) in [4.78, 5) is 3.96. The third-order valence-corrected chi connectivity index (χ3v) is 11.0. The molecular weight excluding hydrogens is 671 g/mol. The number of benzene rings is 8. The third-order valence-electron chi connectivity index (χ3n) is 11.0. The van der Waals surface area contributed by atoms with Crippen LogP contribution < -0.4 is 0 Å². The summed E-state index contributed by atoms with van der Waals surface area (Å²) in [6, 6.07) is 63.5. The highest BCUT2D eigenvalue weighted by molar-refractivity contribution is 6.16. The van der Waals surface area contributed by atoms with Crippen LogP contribution in [0.15, 0.2) is 176 Å². The number of hydrogen-bond donors (Lipinski definition) is 0. The Bertz CT molecular complexity index is 3420. The van der Waals surface area contributed by atoms with Crippen molar-refractivity contribution in [3.63, 3.8) is 0 Å². The molecule has 5 heteroatoms. The molecule has 0 saturated heterocycles. The van der Waals surface area contributed by atoms with Crippen molar-refractivity contribution in [3.8, 4) is 34.3 Å². The molecule has 254 valence electrons. The summed E-state index contributed by atoms with van der Waals surface area (Å²) in [6.45, 7) is 8.10. The van der Waals surface area contributed by atoms with Gasteiger partial charge in [-0.25, -0.2) is 4.85 Å². The molecule has 11 rings (SSSR count). The number of nitriles is 1. The molecular formula is C50H29N5. The zero-order chi connectivity index (χ0) is 36.6. The van der Waals surface area contributed by atoms with Gasteiger partial charge < -0.3 is 13.7 Å². The Morgan fingerprint density at radius 1 is 0.436 bits per heavy atom. The number of rotatable bonds is 4. The minimum absolute atomic E-state index is 0.562. The van der Waals surface area contributed by atoms with E-state index in [1.807, 2.05) is 48.5 Å². The van der Waals surface area contributed by atoms with Gasteiger partial charge in [0.2, 0.25) is 5.69 Å². The maximum atomic E-state index is 10.6. The van der Waals surface area contributed by atoms with Crippen LogP contribution in [0.2, 0.25) is 0 Å². The average Bonchev–Trinajstić information content (AvgIpc) is 3.89. The fraction of sp³-hybridized carbons (Fsp3) is 0. The second-order valence-corrected chi connectivity index (χ2v) is 13.9. The Balaban J connectivity index is 1.23. The number of nitrogens with zero attached hydrogens (tertiary/aromatic N) is 5. The Hall–Kier alpha value is -7.86. The van der Waals surface area contributed by atoms with Crippen molar-refractivity contribution in [1.82, 2.24) is 13.7 Å². The standard InChI is InChI=1S/C50H29N5/c1-52-42-21-12-19-40-38-17-6-11-26-47(38)55(49(40)42)43-22-7-2-14-35(43)33-28-32(31-51)29-34(30-33)53-44-23-8-5-18-39(44)41-20-13-27-48(50(41)53)54-45-24-9-3-15-36(45)37-16-4-10-25-46(37)54/h2-30H. The van der Waals surface area contributed by atoms with E-state index in [1.54, 1.807) is 0 Å². The lowest BCUT2D eigenvalue weighted by atomic mass is 10.00. The lowest BCUT2D eigenvalue weighted by Crippen LogP contribution is -2.02. The van der Waals surface area contributed by atoms with Gasteiger partial charge in [-0.15, -0.1) is 0 Å². The Labute approximate surface area is 316 Å². The predicted molar refractivity (Wildman–Crippen MR) is 226 cm³/mol. The molecule has 0 aliphatic carbocycles. The third kappa shape index (κ3) is 4.39. The largest absolute Gasteiger partial charge is 0.318 e. The maximum absolute atomic E-state index is 10.6. The first-order chi connectivity index (χ1) is 27.2. The number of para-hydroxylation sites is 7. The van der Waals surface area contributed by atoms with Crippen molar-refractivity contribution < 1.29 is 0 Å². The second-order valence-electron chi connectivity index (χ2n) is 13.9. The van der Waals surface area contributed by atoms with E-state index in [0.717, 1.165) is 82.8 Å². The molecule has 0 unspecified atom stereocenters. The normalized spacial score (nSPS) is 11.6. The zero-order valence-electron chi connectivity index (χ0n) is 29.5. The van der Waals surface area contributed by atoms with Crippen LogP contribution in [0.4, 0.5) is 5.69 Å². The molecule has 3 aromatic heterocycles. The summed E-state index contributed by atoms with van der Waals surface area (Å²) >= 11 is 0. The first kappa shape index (κ1) is 30.7. The molecule has 5 nitrogen and oxygen atoms in total. The predicted octanol–water partition coefficient (Wildman–Crippen LogP) is 13.1. The van der Waals surface area contributed by atoms with Crippen LogP contribution in [0.3, 0.4) is 0 Å². The highest BCUT2D eigenvalue weighted by Crippen LogP contribution is 2.43. The van der Waals surface area contributed by atoms with Gasteiger partial charge in [0, 0.05) is 38.2 Å². The van der Waals surface area contributed by atoms with Gasteiger partial charge in [-0.1, -0.05) is 121 Å². The molecule has 0 N–H and O–H groups in total. The van der Waals surface area contributed by atoms with Crippen LogP contribution in [-0.4, -0.2) is 13.7 Å². The molecule has 0 aliphatic rings. The van der Waals surface area contributed by atoms with Gasteiger partial charge >= 0.3 is 0 Å². The summed E-state index contributed by atoms with van der Waals surface area (Å²) in [7, 11) is 0. The van der Waals surface area contributed by atoms with Gasteiger partial charge in [-0.3, -0.25) is 0 Å². The lowest BCUT2D eigenvalue weighted by molar-refractivity contribution is 1.13. The van der Waals surface area contributed by atoms with Crippen molar-refractivity contribution >= 4 is 71.1 Å². The Morgan fingerprint density at radius 2 is 0.927 bits per heavy atom. The van der Waals surface area contributed by atoms with E-state index in [9.17, 15) is 5.26 Å². The van der Waals surface area contributed by atoms with Crippen LogP contribution in [0.1, 0.15) is 5.56 Å². The molecule has 0 amide bonds. The van der Waals surface area contributed by atoms with Crippen LogP contribution in [-0.2, 0) is 0 Å². The molecule has 55 heavy (non-hydrogen) atoms. The molecule has 0 atom stereocenters. The molecule has 0 fully saturated rings. The molecule has 0 spiro atoms. The summed E-state index contributed by atoms with van der Waals surface area (Å²) in [5.74, 6) is 0. The Kier molecular flexibility index (Phi) is 6.61. The SMILES string of the molecule is [C-]#[N+]c1cccc2c3ccccc3n(-c3ccccc3-c3cc(C#N)cc(-n4c5ccccc5c5cccc(-n6c7ccccc7c7ccccc76)c54)c3)c12. The highest BCUT2D eigenvalue weighted by Gasteiger charge is 2.22. The highest BCUT2D eigenvalue weighted by atomic mass is 15.1. The van der Waals surface area contributed by atoms with Crippen molar-refractivity contribution in [2.45, 2.75) is 0 Å². The van der Waals surface area contributed by atoms with E-state index in [4.69, 9.17) is 6.57 Å². The van der Waals surface area contributed by atoms with Gasteiger partial charge in [0.25, 0.3) is 0 Å². The molecule has 0 radical (unpaired) electrons. The fourth-order valence-electron chi connectivity index (χ4n) is 8.85. The molecule has 8 aromatic carbocycles. The van der Waals surface area contributed by atoms with Crippen molar-refractivity contribution in [1.29, 1.82) is 5.26 Å².